The van der Waals surface area contributed by atoms with Gasteiger partial charge >= 0.3 is 0 Å². The standard InChI is InChI=1S/C14H19N5O2/c1-9(2)12-7-11(18-14-15-8-16-19(12)14)13(20)17-10-3-5-21-6-4-10/h7-10H,3-6H2,1-2H3,(H,17,20). The maximum Gasteiger partial charge on any atom is 0.270 e. The molecule has 3 heterocycles. The summed E-state index contributed by atoms with van der Waals surface area (Å²) < 4.78 is 6.97. The molecule has 112 valence electrons. The maximum absolute atomic E-state index is 12.4. The van der Waals surface area contributed by atoms with Crippen LogP contribution in [0.2, 0.25) is 0 Å². The van der Waals surface area contributed by atoms with Gasteiger partial charge in [0.1, 0.15) is 12.0 Å². The summed E-state index contributed by atoms with van der Waals surface area (Å²) in [6.07, 6.45) is 3.14. The zero-order chi connectivity index (χ0) is 14.8. The minimum Gasteiger partial charge on any atom is -0.381 e. The first-order valence-electron chi connectivity index (χ1n) is 7.24. The number of fused-ring (bicyclic) bond motifs is 1. The van der Waals surface area contributed by atoms with E-state index < -0.39 is 0 Å². The highest BCUT2D eigenvalue weighted by Gasteiger charge is 2.20. The van der Waals surface area contributed by atoms with E-state index in [0.717, 1.165) is 18.5 Å². The third-order valence-electron chi connectivity index (χ3n) is 3.66. The molecule has 0 aromatic carbocycles. The van der Waals surface area contributed by atoms with Crippen LogP contribution in [0.5, 0.6) is 0 Å². The van der Waals surface area contributed by atoms with Crippen molar-refractivity contribution < 1.29 is 9.53 Å². The van der Waals surface area contributed by atoms with Gasteiger partial charge in [0.2, 0.25) is 0 Å². The molecule has 1 aliphatic rings. The first-order chi connectivity index (χ1) is 10.1. The van der Waals surface area contributed by atoms with E-state index in [-0.39, 0.29) is 17.9 Å². The van der Waals surface area contributed by atoms with Crippen LogP contribution in [0, 0.1) is 0 Å². The molecular weight excluding hydrogens is 270 g/mol. The van der Waals surface area contributed by atoms with Crippen LogP contribution in [0.25, 0.3) is 5.78 Å². The van der Waals surface area contributed by atoms with Crippen LogP contribution in [0.1, 0.15) is 48.8 Å². The Labute approximate surface area is 122 Å². The van der Waals surface area contributed by atoms with E-state index in [1.165, 1.54) is 6.33 Å². The molecule has 21 heavy (non-hydrogen) atoms. The SMILES string of the molecule is CC(C)c1cc(C(=O)NC2CCOCC2)nc2ncnn12. The molecule has 0 spiro atoms. The van der Waals surface area contributed by atoms with Gasteiger partial charge in [-0.25, -0.2) is 9.50 Å². The van der Waals surface area contributed by atoms with Crippen molar-refractivity contribution in [1.82, 2.24) is 24.9 Å². The van der Waals surface area contributed by atoms with Crippen LogP contribution in [0.4, 0.5) is 0 Å². The Bertz CT molecular complexity index is 646. The zero-order valence-electron chi connectivity index (χ0n) is 12.2. The van der Waals surface area contributed by atoms with E-state index in [9.17, 15) is 4.79 Å². The summed E-state index contributed by atoms with van der Waals surface area (Å²) in [6.45, 7) is 5.49. The van der Waals surface area contributed by atoms with Crippen molar-refractivity contribution >= 4 is 11.7 Å². The number of amides is 1. The number of ether oxygens (including phenoxy) is 1. The minimum atomic E-state index is -0.158. The summed E-state index contributed by atoms with van der Waals surface area (Å²) in [6, 6.07) is 1.95. The Hall–Kier alpha value is -2.02. The van der Waals surface area contributed by atoms with Gasteiger partial charge in [-0.1, -0.05) is 13.8 Å². The van der Waals surface area contributed by atoms with E-state index in [1.54, 1.807) is 10.6 Å². The van der Waals surface area contributed by atoms with Gasteiger partial charge in [-0.3, -0.25) is 4.79 Å². The molecule has 7 heteroatoms. The van der Waals surface area contributed by atoms with Gasteiger partial charge in [0.15, 0.2) is 0 Å². The zero-order valence-corrected chi connectivity index (χ0v) is 12.2. The fourth-order valence-corrected chi connectivity index (χ4v) is 2.46. The second kappa shape index (κ2) is 5.77. The molecule has 1 N–H and O–H groups in total. The van der Waals surface area contributed by atoms with Crippen molar-refractivity contribution in [2.24, 2.45) is 0 Å². The smallest absolute Gasteiger partial charge is 0.270 e. The van der Waals surface area contributed by atoms with Crippen LogP contribution in [0.3, 0.4) is 0 Å². The lowest BCUT2D eigenvalue weighted by Gasteiger charge is -2.23. The van der Waals surface area contributed by atoms with Gasteiger partial charge in [0.05, 0.1) is 5.69 Å². The van der Waals surface area contributed by atoms with Gasteiger partial charge < -0.3 is 10.1 Å². The molecule has 1 amide bonds. The maximum atomic E-state index is 12.4. The quantitative estimate of drug-likeness (QED) is 0.917. The monoisotopic (exact) mass is 289 g/mol. The van der Waals surface area contributed by atoms with E-state index >= 15 is 0 Å². The molecular formula is C14H19N5O2. The van der Waals surface area contributed by atoms with Gasteiger partial charge in [-0.2, -0.15) is 10.1 Å². The third kappa shape index (κ3) is 2.87. The van der Waals surface area contributed by atoms with Crippen molar-refractivity contribution in [2.45, 2.75) is 38.6 Å². The average molecular weight is 289 g/mol. The summed E-state index contributed by atoms with van der Waals surface area (Å²) in [7, 11) is 0. The lowest BCUT2D eigenvalue weighted by molar-refractivity contribution is 0.0694. The van der Waals surface area contributed by atoms with Gasteiger partial charge in [-0.05, 0) is 24.8 Å². The predicted octanol–water partition coefficient (Wildman–Crippen LogP) is 1.16. The van der Waals surface area contributed by atoms with E-state index in [2.05, 4.69) is 34.2 Å². The molecule has 1 aliphatic heterocycles. The highest BCUT2D eigenvalue weighted by atomic mass is 16.5. The van der Waals surface area contributed by atoms with E-state index in [4.69, 9.17) is 4.74 Å². The first-order valence-corrected chi connectivity index (χ1v) is 7.24. The summed E-state index contributed by atoms with van der Waals surface area (Å²) in [5, 5.41) is 7.17. The first kappa shape index (κ1) is 13.9. The second-order valence-corrected chi connectivity index (χ2v) is 5.55. The van der Waals surface area contributed by atoms with Crippen LogP contribution >= 0.6 is 0 Å². The number of hydrogen-bond acceptors (Lipinski definition) is 5. The lowest BCUT2D eigenvalue weighted by atomic mass is 10.1. The molecule has 1 fully saturated rings. The molecule has 2 aromatic rings. The molecule has 0 atom stereocenters. The van der Waals surface area contributed by atoms with Crippen LogP contribution in [-0.4, -0.2) is 44.7 Å². The molecule has 0 bridgehead atoms. The van der Waals surface area contributed by atoms with Crippen LogP contribution < -0.4 is 5.32 Å². The summed E-state index contributed by atoms with van der Waals surface area (Å²) in [5.74, 6) is 0.527. The van der Waals surface area contributed by atoms with Crippen molar-refractivity contribution in [3.05, 3.63) is 23.8 Å². The van der Waals surface area contributed by atoms with Gasteiger partial charge in [0, 0.05) is 19.3 Å². The Morgan fingerprint density at radius 2 is 2.19 bits per heavy atom. The molecule has 3 rings (SSSR count). The molecule has 0 aliphatic carbocycles. The molecule has 0 radical (unpaired) electrons. The number of nitrogens with one attached hydrogen (secondary N) is 1. The summed E-state index contributed by atoms with van der Waals surface area (Å²) in [5.41, 5.74) is 1.32. The number of aromatic nitrogens is 4. The summed E-state index contributed by atoms with van der Waals surface area (Å²) >= 11 is 0. The fourth-order valence-electron chi connectivity index (χ4n) is 2.46. The van der Waals surface area contributed by atoms with Crippen molar-refractivity contribution in [2.75, 3.05) is 13.2 Å². The van der Waals surface area contributed by atoms with Crippen molar-refractivity contribution in [3.8, 4) is 0 Å². The molecule has 1 saturated heterocycles. The van der Waals surface area contributed by atoms with Crippen molar-refractivity contribution in [1.29, 1.82) is 0 Å². The van der Waals surface area contributed by atoms with E-state index in [0.29, 0.717) is 24.7 Å². The summed E-state index contributed by atoms with van der Waals surface area (Å²) in [4.78, 5) is 20.8. The number of rotatable bonds is 3. The lowest BCUT2D eigenvalue weighted by Crippen LogP contribution is -2.39. The Kier molecular flexibility index (Phi) is 3.83. The minimum absolute atomic E-state index is 0.157. The normalized spacial score (nSPS) is 16.5. The van der Waals surface area contributed by atoms with Crippen molar-refractivity contribution in [3.63, 3.8) is 0 Å². The Morgan fingerprint density at radius 1 is 1.43 bits per heavy atom. The van der Waals surface area contributed by atoms with E-state index in [1.807, 2.05) is 0 Å². The molecule has 7 nitrogen and oxygen atoms in total. The number of carbonyl (C=O) groups excluding carboxylic acids is 1. The van der Waals surface area contributed by atoms with Gasteiger partial charge in [0.25, 0.3) is 11.7 Å². The molecule has 0 unspecified atom stereocenters. The second-order valence-electron chi connectivity index (χ2n) is 5.55. The third-order valence-corrected chi connectivity index (χ3v) is 3.66. The molecule has 0 saturated carbocycles. The van der Waals surface area contributed by atoms with Crippen LogP contribution in [-0.2, 0) is 4.74 Å². The highest BCUT2D eigenvalue weighted by Crippen LogP contribution is 2.16. The number of hydrogen-bond donors (Lipinski definition) is 1. The Morgan fingerprint density at radius 3 is 2.90 bits per heavy atom. The number of carbonyl (C=O) groups is 1. The average Bonchev–Trinajstić information content (AvgIpc) is 2.95. The highest BCUT2D eigenvalue weighted by molar-refractivity contribution is 5.93. The predicted molar refractivity (Wildman–Crippen MR) is 76.2 cm³/mol. The largest absolute Gasteiger partial charge is 0.381 e. The van der Waals surface area contributed by atoms with Gasteiger partial charge in [-0.15, -0.1) is 0 Å². The van der Waals surface area contributed by atoms with Crippen LogP contribution in [0.15, 0.2) is 12.4 Å². The Balaban J connectivity index is 1.86. The fraction of sp³-hybridized carbons (Fsp3) is 0.571. The molecule has 2 aromatic heterocycles. The number of nitrogens with zero attached hydrogens (tertiary/aromatic N) is 4. The topological polar surface area (TPSA) is 81.4 Å².